The molecule has 0 aromatic heterocycles. The van der Waals surface area contributed by atoms with Gasteiger partial charge in [0, 0.05) is 24.6 Å². The number of aryl methyl sites for hydroxylation is 1. The van der Waals surface area contributed by atoms with Crippen LogP contribution in [0.2, 0.25) is 0 Å². The maximum absolute atomic E-state index is 14.4. The Labute approximate surface area is 159 Å². The molecule has 0 radical (unpaired) electrons. The average Bonchev–Trinajstić information content (AvgIpc) is 2.59. The van der Waals surface area contributed by atoms with E-state index < -0.39 is 17.7 Å². The summed E-state index contributed by atoms with van der Waals surface area (Å²) >= 11 is 0.603. The minimum Gasteiger partial charge on any atom is -0.362 e. The maximum atomic E-state index is 14.4. The lowest BCUT2D eigenvalue weighted by molar-refractivity contribution is -0.105. The third kappa shape index (κ3) is 5.73. The quantitative estimate of drug-likeness (QED) is 0.305. The fraction of sp³-hybridized carbons (Fsp3) is 0.263. The molecule has 0 atom stereocenters. The van der Waals surface area contributed by atoms with E-state index in [9.17, 15) is 17.6 Å². The first kappa shape index (κ1) is 20.8. The Morgan fingerprint density at radius 1 is 1.19 bits per heavy atom. The van der Waals surface area contributed by atoms with E-state index in [4.69, 9.17) is 5.26 Å². The number of aliphatic imine (C=N–C) groups is 1. The number of benzene rings is 2. The highest BCUT2D eigenvalue weighted by Crippen LogP contribution is 2.33. The van der Waals surface area contributed by atoms with Gasteiger partial charge in [-0.1, -0.05) is 0 Å². The van der Waals surface area contributed by atoms with E-state index in [0.717, 1.165) is 0 Å². The zero-order valence-electron chi connectivity index (χ0n) is 14.9. The molecule has 142 valence electrons. The maximum Gasteiger partial charge on any atom is 0.398 e. The Kier molecular flexibility index (Phi) is 6.50. The minimum absolute atomic E-state index is 0.0432. The second kappa shape index (κ2) is 8.44. The van der Waals surface area contributed by atoms with Crippen molar-refractivity contribution in [3.05, 3.63) is 58.9 Å². The zero-order valence-corrected chi connectivity index (χ0v) is 15.7. The highest BCUT2D eigenvalue weighted by atomic mass is 32.2. The van der Waals surface area contributed by atoms with E-state index in [1.807, 2.05) is 6.07 Å². The van der Waals surface area contributed by atoms with Crippen molar-refractivity contribution in [2.75, 3.05) is 19.8 Å². The van der Waals surface area contributed by atoms with Crippen molar-refractivity contribution in [2.45, 2.75) is 18.0 Å². The molecule has 0 fully saturated rings. The lowest BCUT2D eigenvalue weighted by Gasteiger charge is -2.17. The molecular weight excluding hydrogens is 378 g/mol. The summed E-state index contributed by atoms with van der Waals surface area (Å²) in [6.45, 7) is 1.56. The van der Waals surface area contributed by atoms with Gasteiger partial charge in [-0.15, -0.1) is 11.8 Å². The van der Waals surface area contributed by atoms with Crippen LogP contribution in [0.4, 0.5) is 23.2 Å². The smallest absolute Gasteiger partial charge is 0.362 e. The molecule has 0 saturated heterocycles. The summed E-state index contributed by atoms with van der Waals surface area (Å²) < 4.78 is 51.9. The normalized spacial score (nSPS) is 12.0. The van der Waals surface area contributed by atoms with Gasteiger partial charge < -0.3 is 4.90 Å². The van der Waals surface area contributed by atoms with E-state index >= 15 is 0 Å². The van der Waals surface area contributed by atoms with Crippen molar-refractivity contribution in [1.82, 2.24) is 4.90 Å². The number of nitrogens with zero attached hydrogens (tertiary/aromatic N) is 3. The van der Waals surface area contributed by atoms with Crippen molar-refractivity contribution >= 4 is 23.3 Å². The molecule has 27 heavy (non-hydrogen) atoms. The van der Waals surface area contributed by atoms with Crippen molar-refractivity contribution < 1.29 is 17.6 Å². The van der Waals surface area contributed by atoms with E-state index in [1.165, 1.54) is 12.1 Å². The molecule has 0 aliphatic carbocycles. The van der Waals surface area contributed by atoms with Crippen LogP contribution in [0.15, 0.2) is 46.3 Å². The summed E-state index contributed by atoms with van der Waals surface area (Å²) in [5.41, 5.74) is 1.51. The second-order valence-electron chi connectivity index (χ2n) is 5.99. The number of amidine groups is 1. The fourth-order valence-electron chi connectivity index (χ4n) is 2.27. The van der Waals surface area contributed by atoms with Gasteiger partial charge in [0.15, 0.2) is 0 Å². The number of thioether (sulfide) groups is 1. The van der Waals surface area contributed by atoms with Crippen molar-refractivity contribution in [1.29, 1.82) is 5.26 Å². The average molecular weight is 395 g/mol. The monoisotopic (exact) mass is 395 g/mol. The fourth-order valence-corrected chi connectivity index (χ4v) is 3.07. The molecule has 0 amide bonds. The summed E-state index contributed by atoms with van der Waals surface area (Å²) in [4.78, 5) is 6.31. The molecule has 8 heteroatoms. The number of rotatable bonds is 4. The Bertz CT molecular complexity index is 882. The van der Waals surface area contributed by atoms with Gasteiger partial charge in [-0.2, -0.15) is 18.4 Å². The molecule has 0 aliphatic heterocycles. The number of hydrogen-bond acceptors (Lipinski definition) is 3. The Morgan fingerprint density at radius 2 is 1.81 bits per heavy atom. The molecule has 0 aliphatic rings. The molecule has 0 unspecified atom stereocenters. The predicted molar refractivity (Wildman–Crippen MR) is 99.0 cm³/mol. The van der Waals surface area contributed by atoms with Crippen molar-refractivity contribution in [2.24, 2.45) is 4.99 Å². The Balaban J connectivity index is 2.45. The number of halogens is 4. The van der Waals surface area contributed by atoms with Crippen LogP contribution in [0.1, 0.15) is 16.7 Å². The molecule has 0 N–H and O–H groups in total. The third-order valence-corrected chi connectivity index (χ3v) is 4.78. The van der Waals surface area contributed by atoms with Crippen LogP contribution >= 0.6 is 11.8 Å². The molecule has 2 aromatic carbocycles. The lowest BCUT2D eigenvalue weighted by Crippen LogP contribution is -2.22. The van der Waals surface area contributed by atoms with E-state index in [2.05, 4.69) is 4.99 Å². The summed E-state index contributed by atoms with van der Waals surface area (Å²) in [7, 11) is 3.45. The van der Waals surface area contributed by atoms with E-state index in [1.54, 1.807) is 50.2 Å². The molecule has 2 aromatic rings. The van der Waals surface area contributed by atoms with Crippen LogP contribution in [0, 0.1) is 24.1 Å². The van der Waals surface area contributed by atoms with Gasteiger partial charge in [0.05, 0.1) is 17.4 Å². The van der Waals surface area contributed by atoms with Crippen molar-refractivity contribution in [3.8, 4) is 6.07 Å². The van der Waals surface area contributed by atoms with E-state index in [0.29, 0.717) is 39.2 Å². The summed E-state index contributed by atoms with van der Waals surface area (Å²) in [6, 6.07) is 11.1. The number of nitriles is 1. The number of alkyl halides is 3. The second-order valence-corrected chi connectivity index (χ2v) is 7.01. The zero-order chi connectivity index (χ0) is 20.2. The van der Waals surface area contributed by atoms with Crippen LogP contribution in [-0.4, -0.2) is 36.8 Å². The minimum atomic E-state index is -4.31. The summed E-state index contributed by atoms with van der Waals surface area (Å²) in [5, 5.41) is 8.89. The SMILES string of the molecule is Cc1cc(F)c(/N=C(\c2ccc(C#N)cc2)N(C)C)cc1SCC(F)(F)F. The first-order valence-corrected chi connectivity index (χ1v) is 8.85. The van der Waals surface area contributed by atoms with E-state index in [-0.39, 0.29) is 5.69 Å². The first-order chi connectivity index (χ1) is 12.6. The predicted octanol–water partition coefficient (Wildman–Crippen LogP) is 5.30. The highest BCUT2D eigenvalue weighted by Gasteiger charge is 2.27. The molecule has 2 rings (SSSR count). The van der Waals surface area contributed by atoms with Gasteiger partial charge >= 0.3 is 6.18 Å². The molecule has 0 saturated carbocycles. The highest BCUT2D eigenvalue weighted by molar-refractivity contribution is 7.99. The molecule has 3 nitrogen and oxygen atoms in total. The largest absolute Gasteiger partial charge is 0.398 e. The van der Waals surface area contributed by atoms with Crippen LogP contribution in [0.25, 0.3) is 0 Å². The molecule has 0 bridgehead atoms. The number of hydrogen-bond donors (Lipinski definition) is 0. The van der Waals surface area contributed by atoms with Gasteiger partial charge in [-0.3, -0.25) is 0 Å². The van der Waals surface area contributed by atoms with Crippen LogP contribution in [-0.2, 0) is 0 Å². The standard InChI is InChI=1S/C19H17F4N3S/c1-12-8-15(20)16(9-17(12)27-11-19(21,22)23)25-18(26(2)3)14-6-4-13(10-24)5-7-14/h4-9H,11H2,1-3H3/b25-18+. The topological polar surface area (TPSA) is 39.4 Å². The van der Waals surface area contributed by atoms with Crippen LogP contribution in [0.5, 0.6) is 0 Å². The molecular formula is C19H17F4N3S. The summed E-state index contributed by atoms with van der Waals surface area (Å²) in [5.74, 6) is -1.25. The third-order valence-electron chi connectivity index (χ3n) is 3.56. The lowest BCUT2D eigenvalue weighted by atomic mass is 10.1. The molecule has 0 spiro atoms. The van der Waals surface area contributed by atoms with Gasteiger partial charge in [0.2, 0.25) is 0 Å². The van der Waals surface area contributed by atoms with Crippen LogP contribution in [0.3, 0.4) is 0 Å². The van der Waals surface area contributed by atoms with Crippen LogP contribution < -0.4 is 0 Å². The Morgan fingerprint density at radius 3 is 2.33 bits per heavy atom. The molecule has 0 heterocycles. The Hall–Kier alpha value is -2.53. The van der Waals surface area contributed by atoms with Gasteiger partial charge in [-0.05, 0) is 48.9 Å². The van der Waals surface area contributed by atoms with Gasteiger partial charge in [-0.25, -0.2) is 9.38 Å². The summed E-state index contributed by atoms with van der Waals surface area (Å²) in [6.07, 6.45) is -4.31. The van der Waals surface area contributed by atoms with Gasteiger partial charge in [0.1, 0.15) is 17.3 Å². The first-order valence-electron chi connectivity index (χ1n) is 7.87. The van der Waals surface area contributed by atoms with Crippen molar-refractivity contribution in [3.63, 3.8) is 0 Å². The van der Waals surface area contributed by atoms with Gasteiger partial charge in [0.25, 0.3) is 0 Å².